The molecule has 1 amide bonds. The normalized spacial score (nSPS) is 10.1. The van der Waals surface area contributed by atoms with E-state index in [0.717, 1.165) is 12.8 Å². The Morgan fingerprint density at radius 2 is 1.89 bits per heavy atom. The fourth-order valence-corrected chi connectivity index (χ4v) is 1.82. The number of anilines is 2. The number of carbonyl (C=O) groups is 1. The van der Waals surface area contributed by atoms with Crippen LogP contribution in [0.4, 0.5) is 11.6 Å². The molecule has 0 atom stereocenters. The lowest BCUT2D eigenvalue weighted by Gasteiger charge is -2.05. The Bertz CT molecular complexity index is 540. The number of benzene rings is 1. The first-order chi connectivity index (χ1) is 9.24. The lowest BCUT2D eigenvalue weighted by Crippen LogP contribution is -2.13. The Balaban J connectivity index is 1.76. The van der Waals surface area contributed by atoms with E-state index in [1.54, 1.807) is 18.2 Å². The second-order valence-corrected chi connectivity index (χ2v) is 4.34. The Morgan fingerprint density at radius 3 is 2.63 bits per heavy atom. The molecule has 19 heavy (non-hydrogen) atoms. The van der Waals surface area contributed by atoms with Gasteiger partial charge in [0.25, 0.3) is 0 Å². The molecule has 4 heteroatoms. The van der Waals surface area contributed by atoms with E-state index in [4.69, 9.17) is 5.73 Å². The van der Waals surface area contributed by atoms with Gasteiger partial charge < -0.3 is 11.1 Å². The SMILES string of the molecule is Nc1cccc(NC(=O)CCCc2ccccc2)n1. The lowest BCUT2D eigenvalue weighted by molar-refractivity contribution is -0.116. The third kappa shape index (κ3) is 4.43. The van der Waals surface area contributed by atoms with Crippen LogP contribution in [0.3, 0.4) is 0 Å². The number of hydrogen-bond donors (Lipinski definition) is 2. The van der Waals surface area contributed by atoms with Gasteiger partial charge in [-0.3, -0.25) is 4.79 Å². The molecule has 0 unspecified atom stereocenters. The zero-order valence-electron chi connectivity index (χ0n) is 10.7. The molecule has 0 saturated carbocycles. The van der Waals surface area contributed by atoms with Crippen molar-refractivity contribution in [2.75, 3.05) is 11.1 Å². The molecule has 2 aromatic rings. The predicted octanol–water partition coefficient (Wildman–Crippen LogP) is 2.63. The van der Waals surface area contributed by atoms with Gasteiger partial charge in [0.15, 0.2) is 0 Å². The van der Waals surface area contributed by atoms with Crippen molar-refractivity contribution in [2.45, 2.75) is 19.3 Å². The first-order valence-electron chi connectivity index (χ1n) is 6.30. The molecular formula is C15H17N3O. The first-order valence-corrected chi connectivity index (χ1v) is 6.30. The van der Waals surface area contributed by atoms with E-state index in [0.29, 0.717) is 18.1 Å². The highest BCUT2D eigenvalue weighted by atomic mass is 16.1. The molecule has 0 bridgehead atoms. The van der Waals surface area contributed by atoms with Gasteiger partial charge in [-0.2, -0.15) is 0 Å². The molecule has 0 spiro atoms. The molecule has 0 aliphatic carbocycles. The third-order valence-corrected chi connectivity index (χ3v) is 2.75. The number of pyridine rings is 1. The minimum Gasteiger partial charge on any atom is -0.384 e. The molecule has 0 aliphatic heterocycles. The van der Waals surface area contributed by atoms with Crippen LogP contribution in [-0.2, 0) is 11.2 Å². The second-order valence-electron chi connectivity index (χ2n) is 4.34. The van der Waals surface area contributed by atoms with Crippen molar-refractivity contribution < 1.29 is 4.79 Å². The Hall–Kier alpha value is -2.36. The van der Waals surface area contributed by atoms with Gasteiger partial charge in [-0.15, -0.1) is 0 Å². The predicted molar refractivity (Wildman–Crippen MR) is 76.7 cm³/mol. The van der Waals surface area contributed by atoms with Gasteiger partial charge in [0.2, 0.25) is 5.91 Å². The summed E-state index contributed by atoms with van der Waals surface area (Å²) in [6.45, 7) is 0. The topological polar surface area (TPSA) is 68.0 Å². The van der Waals surface area contributed by atoms with Crippen LogP contribution < -0.4 is 11.1 Å². The molecule has 0 radical (unpaired) electrons. The number of nitrogens with two attached hydrogens (primary N) is 1. The monoisotopic (exact) mass is 255 g/mol. The van der Waals surface area contributed by atoms with Crippen molar-refractivity contribution in [1.82, 2.24) is 4.98 Å². The zero-order valence-corrected chi connectivity index (χ0v) is 10.7. The van der Waals surface area contributed by atoms with Crippen molar-refractivity contribution in [3.05, 3.63) is 54.1 Å². The molecule has 0 fully saturated rings. The highest BCUT2D eigenvalue weighted by Gasteiger charge is 2.03. The van der Waals surface area contributed by atoms with Gasteiger partial charge in [-0.25, -0.2) is 4.98 Å². The van der Waals surface area contributed by atoms with Crippen molar-refractivity contribution >= 4 is 17.5 Å². The average Bonchev–Trinajstić information content (AvgIpc) is 2.40. The third-order valence-electron chi connectivity index (χ3n) is 2.75. The van der Waals surface area contributed by atoms with Crippen molar-refractivity contribution in [1.29, 1.82) is 0 Å². The number of nitrogens with zero attached hydrogens (tertiary/aromatic N) is 1. The summed E-state index contributed by atoms with van der Waals surface area (Å²) >= 11 is 0. The number of amides is 1. The number of aromatic nitrogens is 1. The van der Waals surface area contributed by atoms with Crippen LogP contribution in [0, 0.1) is 0 Å². The van der Waals surface area contributed by atoms with E-state index in [2.05, 4.69) is 22.4 Å². The molecule has 4 nitrogen and oxygen atoms in total. The van der Waals surface area contributed by atoms with Crippen molar-refractivity contribution in [3.8, 4) is 0 Å². The molecule has 0 aliphatic rings. The molecule has 2 rings (SSSR count). The van der Waals surface area contributed by atoms with Gasteiger partial charge in [0, 0.05) is 6.42 Å². The maximum absolute atomic E-state index is 11.7. The summed E-state index contributed by atoms with van der Waals surface area (Å²) in [5.74, 6) is 0.876. The van der Waals surface area contributed by atoms with Crippen LogP contribution in [0.15, 0.2) is 48.5 Å². The highest BCUT2D eigenvalue weighted by Crippen LogP contribution is 2.08. The fraction of sp³-hybridized carbons (Fsp3) is 0.200. The summed E-state index contributed by atoms with van der Waals surface area (Å²) in [5, 5.41) is 2.74. The van der Waals surface area contributed by atoms with E-state index >= 15 is 0 Å². The summed E-state index contributed by atoms with van der Waals surface area (Å²) in [4.78, 5) is 15.7. The number of rotatable bonds is 5. The van der Waals surface area contributed by atoms with Crippen LogP contribution in [-0.4, -0.2) is 10.9 Å². The van der Waals surface area contributed by atoms with Crippen LogP contribution in [0.25, 0.3) is 0 Å². The molecule has 0 saturated heterocycles. The summed E-state index contributed by atoms with van der Waals surface area (Å²) < 4.78 is 0. The Morgan fingerprint density at radius 1 is 1.11 bits per heavy atom. The van der Waals surface area contributed by atoms with E-state index in [1.165, 1.54) is 5.56 Å². The minimum absolute atomic E-state index is 0.0333. The van der Waals surface area contributed by atoms with E-state index in [-0.39, 0.29) is 5.91 Å². The Labute approximate surface area is 112 Å². The maximum atomic E-state index is 11.7. The maximum Gasteiger partial charge on any atom is 0.225 e. The number of nitrogens with one attached hydrogen (secondary N) is 1. The van der Waals surface area contributed by atoms with E-state index < -0.39 is 0 Å². The van der Waals surface area contributed by atoms with Gasteiger partial charge >= 0.3 is 0 Å². The van der Waals surface area contributed by atoms with Crippen molar-refractivity contribution in [3.63, 3.8) is 0 Å². The smallest absolute Gasteiger partial charge is 0.225 e. The number of carbonyl (C=O) groups excluding carboxylic acids is 1. The van der Waals surface area contributed by atoms with Crippen LogP contribution in [0.1, 0.15) is 18.4 Å². The summed E-state index contributed by atoms with van der Waals surface area (Å²) in [5.41, 5.74) is 6.80. The quantitative estimate of drug-likeness (QED) is 0.863. The molecule has 1 heterocycles. The zero-order chi connectivity index (χ0) is 13.5. The lowest BCUT2D eigenvalue weighted by atomic mass is 10.1. The largest absolute Gasteiger partial charge is 0.384 e. The molecule has 3 N–H and O–H groups in total. The van der Waals surface area contributed by atoms with E-state index in [1.807, 2.05) is 18.2 Å². The van der Waals surface area contributed by atoms with Gasteiger partial charge in [-0.05, 0) is 30.5 Å². The summed E-state index contributed by atoms with van der Waals surface area (Å²) in [6, 6.07) is 15.3. The van der Waals surface area contributed by atoms with Gasteiger partial charge in [-0.1, -0.05) is 36.4 Å². The van der Waals surface area contributed by atoms with E-state index in [9.17, 15) is 4.79 Å². The number of hydrogen-bond acceptors (Lipinski definition) is 3. The van der Waals surface area contributed by atoms with Crippen LogP contribution >= 0.6 is 0 Å². The summed E-state index contributed by atoms with van der Waals surface area (Å²) in [7, 11) is 0. The molecule has 1 aromatic heterocycles. The molecule has 98 valence electrons. The molecule has 1 aromatic carbocycles. The second kappa shape index (κ2) is 6.54. The fourth-order valence-electron chi connectivity index (χ4n) is 1.82. The standard InChI is InChI=1S/C15H17N3O/c16-13-9-5-10-14(17-13)18-15(19)11-4-8-12-6-2-1-3-7-12/h1-3,5-7,9-10H,4,8,11H2,(H3,16,17,18,19). The summed E-state index contributed by atoms with van der Waals surface area (Å²) in [6.07, 6.45) is 2.20. The number of nitrogen functional groups attached to an aromatic ring is 1. The van der Waals surface area contributed by atoms with Crippen LogP contribution in [0.5, 0.6) is 0 Å². The molecular weight excluding hydrogens is 238 g/mol. The number of aryl methyl sites for hydroxylation is 1. The first kappa shape index (κ1) is 13.1. The van der Waals surface area contributed by atoms with Crippen molar-refractivity contribution in [2.24, 2.45) is 0 Å². The minimum atomic E-state index is -0.0333. The average molecular weight is 255 g/mol. The highest BCUT2D eigenvalue weighted by molar-refractivity contribution is 5.89. The van der Waals surface area contributed by atoms with Gasteiger partial charge in [0.05, 0.1) is 0 Å². The van der Waals surface area contributed by atoms with Gasteiger partial charge in [0.1, 0.15) is 11.6 Å². The Kier molecular flexibility index (Phi) is 4.50. The van der Waals surface area contributed by atoms with Crippen LogP contribution in [0.2, 0.25) is 0 Å².